The Morgan fingerprint density at radius 3 is 2.45 bits per heavy atom. The SMILES string of the molecule is O=C(O)c1cc2c3c(c1)[C@H]1C=CC[C@H]1[C@H](c1ccc(Cl)cc1)N3C[C@@H]1CC=C[C@H]21. The van der Waals surface area contributed by atoms with Crippen molar-refractivity contribution in [2.75, 3.05) is 11.4 Å². The number of hydrogen-bond donors (Lipinski definition) is 1. The maximum absolute atomic E-state index is 11.9. The van der Waals surface area contributed by atoms with Gasteiger partial charge in [-0.2, -0.15) is 0 Å². The maximum Gasteiger partial charge on any atom is 0.335 e. The molecule has 29 heavy (non-hydrogen) atoms. The van der Waals surface area contributed by atoms with E-state index < -0.39 is 5.97 Å². The third-order valence-corrected chi connectivity index (χ3v) is 7.56. The number of carbonyl (C=O) groups is 1. The van der Waals surface area contributed by atoms with Crippen molar-refractivity contribution >= 4 is 23.3 Å². The number of allylic oxidation sites excluding steroid dienone is 4. The number of carboxylic acids is 1. The Kier molecular flexibility index (Phi) is 3.73. The van der Waals surface area contributed by atoms with E-state index in [1.807, 2.05) is 24.3 Å². The van der Waals surface area contributed by atoms with Gasteiger partial charge < -0.3 is 10.0 Å². The lowest BCUT2D eigenvalue weighted by molar-refractivity contribution is 0.0696. The number of carboxylic acid groups (broad SMARTS) is 1. The van der Waals surface area contributed by atoms with Gasteiger partial charge in [-0.1, -0.05) is 48.0 Å². The van der Waals surface area contributed by atoms with E-state index in [1.165, 1.54) is 22.4 Å². The number of benzene rings is 2. The summed E-state index contributed by atoms with van der Waals surface area (Å²) in [4.78, 5) is 14.5. The fraction of sp³-hybridized carbons (Fsp3) is 0.320. The van der Waals surface area contributed by atoms with Crippen LogP contribution in [-0.4, -0.2) is 17.6 Å². The van der Waals surface area contributed by atoms with Crippen molar-refractivity contribution in [2.45, 2.75) is 30.7 Å². The topological polar surface area (TPSA) is 40.5 Å². The number of anilines is 1. The van der Waals surface area contributed by atoms with E-state index >= 15 is 0 Å². The molecule has 2 heterocycles. The van der Waals surface area contributed by atoms with Crippen molar-refractivity contribution in [3.63, 3.8) is 0 Å². The summed E-state index contributed by atoms with van der Waals surface area (Å²) < 4.78 is 0. The van der Waals surface area contributed by atoms with E-state index in [0.29, 0.717) is 23.3 Å². The van der Waals surface area contributed by atoms with Crippen molar-refractivity contribution in [3.8, 4) is 0 Å². The summed E-state index contributed by atoms with van der Waals surface area (Å²) in [5, 5.41) is 10.5. The lowest BCUT2D eigenvalue weighted by Crippen LogP contribution is -2.46. The Balaban J connectivity index is 1.59. The van der Waals surface area contributed by atoms with Crippen LogP contribution in [0.4, 0.5) is 5.69 Å². The minimum atomic E-state index is -0.835. The van der Waals surface area contributed by atoms with Crippen LogP contribution < -0.4 is 4.90 Å². The number of fused-ring (bicyclic) bond motifs is 4. The molecule has 146 valence electrons. The van der Waals surface area contributed by atoms with Gasteiger partial charge in [-0.15, -0.1) is 0 Å². The Morgan fingerprint density at radius 1 is 1.00 bits per heavy atom. The minimum Gasteiger partial charge on any atom is -0.478 e. The average molecular weight is 404 g/mol. The van der Waals surface area contributed by atoms with E-state index in [1.54, 1.807) is 0 Å². The Bertz CT molecular complexity index is 1050. The smallest absolute Gasteiger partial charge is 0.335 e. The van der Waals surface area contributed by atoms with Crippen molar-refractivity contribution in [3.05, 3.63) is 88.0 Å². The maximum atomic E-state index is 11.9. The van der Waals surface area contributed by atoms with E-state index in [2.05, 4.69) is 41.3 Å². The van der Waals surface area contributed by atoms with E-state index in [-0.39, 0.29) is 12.0 Å². The number of aromatic carboxylic acids is 1. The summed E-state index contributed by atoms with van der Waals surface area (Å²) in [5.74, 6) is 0.693. The second-order valence-electron chi connectivity index (χ2n) is 8.76. The largest absolute Gasteiger partial charge is 0.478 e. The van der Waals surface area contributed by atoms with Crippen LogP contribution in [0.2, 0.25) is 5.02 Å². The highest BCUT2D eigenvalue weighted by molar-refractivity contribution is 6.30. The second-order valence-corrected chi connectivity index (χ2v) is 9.20. The zero-order valence-corrected chi connectivity index (χ0v) is 16.7. The summed E-state index contributed by atoms with van der Waals surface area (Å²) in [6.45, 7) is 1.01. The molecule has 0 spiro atoms. The van der Waals surface area contributed by atoms with E-state index in [9.17, 15) is 9.90 Å². The van der Waals surface area contributed by atoms with Gasteiger partial charge >= 0.3 is 5.97 Å². The highest BCUT2D eigenvalue weighted by Gasteiger charge is 2.48. The molecular weight excluding hydrogens is 382 g/mol. The quantitative estimate of drug-likeness (QED) is 0.631. The number of rotatable bonds is 2. The lowest BCUT2D eigenvalue weighted by Gasteiger charge is -2.51. The summed E-state index contributed by atoms with van der Waals surface area (Å²) in [7, 11) is 0. The van der Waals surface area contributed by atoms with Crippen LogP contribution >= 0.6 is 11.6 Å². The van der Waals surface area contributed by atoms with Crippen LogP contribution in [0.5, 0.6) is 0 Å². The number of hydrogen-bond acceptors (Lipinski definition) is 2. The molecule has 0 aromatic heterocycles. The second kappa shape index (κ2) is 6.24. The molecule has 2 aliphatic carbocycles. The molecule has 0 bridgehead atoms. The molecule has 4 aliphatic rings. The molecule has 0 unspecified atom stereocenters. The number of halogens is 1. The van der Waals surface area contributed by atoms with Crippen LogP contribution in [0.3, 0.4) is 0 Å². The standard InChI is InChI=1S/C25H22ClNO2/c26-17-9-7-14(8-10-17)23-20-6-2-5-19(20)22-12-16(25(28)29)11-21-18-4-1-3-15(18)13-27(23)24(21)22/h1-2,4-5,7-12,15,18-20,23H,3,6,13H2,(H,28,29)/t15-,18-,19-,20+,23-/m0/s1. The van der Waals surface area contributed by atoms with Gasteiger partial charge in [0.2, 0.25) is 0 Å². The number of nitrogens with zero attached hydrogens (tertiary/aromatic N) is 1. The van der Waals surface area contributed by atoms with Crippen LogP contribution in [-0.2, 0) is 0 Å². The predicted octanol–water partition coefficient (Wildman–Crippen LogP) is 5.93. The molecule has 1 N–H and O–H groups in total. The van der Waals surface area contributed by atoms with Crippen molar-refractivity contribution < 1.29 is 9.90 Å². The van der Waals surface area contributed by atoms with Crippen LogP contribution in [0, 0.1) is 11.8 Å². The highest BCUT2D eigenvalue weighted by Crippen LogP contribution is 2.58. The van der Waals surface area contributed by atoms with Crippen molar-refractivity contribution in [1.29, 1.82) is 0 Å². The molecule has 2 aliphatic heterocycles. The molecule has 0 fully saturated rings. The molecule has 3 nitrogen and oxygen atoms in total. The first kappa shape index (κ1) is 17.3. The van der Waals surface area contributed by atoms with Gasteiger partial charge in [0, 0.05) is 29.1 Å². The minimum absolute atomic E-state index is 0.266. The molecule has 2 aromatic rings. The monoisotopic (exact) mass is 403 g/mol. The van der Waals surface area contributed by atoms with Crippen molar-refractivity contribution in [1.82, 2.24) is 0 Å². The van der Waals surface area contributed by atoms with Gasteiger partial charge in [-0.05, 0) is 65.6 Å². The summed E-state index contributed by atoms with van der Waals surface area (Å²) >= 11 is 6.18. The average Bonchev–Trinajstić information content (AvgIpc) is 3.38. The molecule has 0 amide bonds. The molecule has 2 aromatic carbocycles. The fourth-order valence-corrected chi connectivity index (χ4v) is 6.26. The lowest BCUT2D eigenvalue weighted by atomic mass is 9.70. The van der Waals surface area contributed by atoms with Gasteiger partial charge in [0.25, 0.3) is 0 Å². The third-order valence-electron chi connectivity index (χ3n) is 7.31. The Labute approximate surface area is 175 Å². The zero-order valence-electron chi connectivity index (χ0n) is 16.0. The summed E-state index contributed by atoms with van der Waals surface area (Å²) in [6, 6.07) is 12.5. The van der Waals surface area contributed by atoms with E-state index in [4.69, 9.17) is 11.6 Å². The first-order valence-electron chi connectivity index (χ1n) is 10.4. The van der Waals surface area contributed by atoms with Gasteiger partial charge in [-0.3, -0.25) is 0 Å². The molecule has 6 rings (SSSR count). The molecule has 0 saturated heterocycles. The van der Waals surface area contributed by atoms with Crippen LogP contribution in [0.15, 0.2) is 60.7 Å². The third kappa shape index (κ3) is 2.47. The highest BCUT2D eigenvalue weighted by atomic mass is 35.5. The van der Waals surface area contributed by atoms with Gasteiger partial charge in [0.1, 0.15) is 0 Å². The van der Waals surface area contributed by atoms with E-state index in [0.717, 1.165) is 24.4 Å². The van der Waals surface area contributed by atoms with Crippen LogP contribution in [0.25, 0.3) is 0 Å². The first-order chi connectivity index (χ1) is 14.1. The molecule has 0 saturated carbocycles. The van der Waals surface area contributed by atoms with Crippen molar-refractivity contribution in [2.24, 2.45) is 11.8 Å². The summed E-state index contributed by atoms with van der Waals surface area (Å²) in [5.41, 5.74) is 5.39. The molecule has 4 heteroatoms. The Morgan fingerprint density at radius 2 is 1.69 bits per heavy atom. The summed E-state index contributed by atoms with van der Waals surface area (Å²) in [6.07, 6.45) is 11.2. The normalized spacial score (nSPS) is 30.8. The van der Waals surface area contributed by atoms with Gasteiger partial charge in [0.15, 0.2) is 0 Å². The molecule has 5 atom stereocenters. The first-order valence-corrected chi connectivity index (χ1v) is 10.8. The predicted molar refractivity (Wildman–Crippen MR) is 115 cm³/mol. The van der Waals surface area contributed by atoms with Crippen LogP contribution in [0.1, 0.15) is 57.8 Å². The Hall–Kier alpha value is -2.52. The zero-order chi connectivity index (χ0) is 19.7. The molecule has 0 radical (unpaired) electrons. The van der Waals surface area contributed by atoms with Gasteiger partial charge in [0.05, 0.1) is 11.6 Å². The fourth-order valence-electron chi connectivity index (χ4n) is 6.14. The molecular formula is C25H22ClNO2. The van der Waals surface area contributed by atoms with Gasteiger partial charge in [-0.25, -0.2) is 4.79 Å².